The van der Waals surface area contributed by atoms with Crippen LogP contribution in [-0.4, -0.2) is 11.0 Å². The predicted octanol–water partition coefficient (Wildman–Crippen LogP) is 1.83. The molecule has 0 radical (unpaired) electrons. The minimum absolute atomic E-state index is 0.0534. The minimum Gasteiger partial charge on any atom is -0.399 e. The van der Waals surface area contributed by atoms with Crippen molar-refractivity contribution in [1.82, 2.24) is 5.32 Å². The maximum atomic E-state index is 13.2. The molecular weight excluding hydrogens is 259 g/mol. The van der Waals surface area contributed by atoms with E-state index in [9.17, 15) is 9.18 Å². The number of nitrogen functional groups attached to an aromatic ring is 1. The molecule has 0 saturated heterocycles. The predicted molar refractivity (Wildman–Crippen MR) is 74.3 cm³/mol. The first-order chi connectivity index (χ1) is 9.58. The quantitative estimate of drug-likeness (QED) is 0.744. The van der Waals surface area contributed by atoms with Crippen LogP contribution in [0.4, 0.5) is 10.1 Å². The first-order valence-electron chi connectivity index (χ1n) is 6.11. The number of halogens is 1. The first kappa shape index (κ1) is 14.0. The summed E-state index contributed by atoms with van der Waals surface area (Å²) in [6, 6.07) is 10.9. The third-order valence-corrected chi connectivity index (χ3v) is 2.81. The Hall–Kier alpha value is -2.40. The first-order valence-corrected chi connectivity index (χ1v) is 6.11. The van der Waals surface area contributed by atoms with Crippen LogP contribution in [0.5, 0.6) is 0 Å². The number of aliphatic hydroxyl groups excluding tert-OH is 1. The lowest BCUT2D eigenvalue weighted by molar-refractivity contribution is 0.0950. The van der Waals surface area contributed by atoms with Crippen LogP contribution in [0.25, 0.3) is 0 Å². The molecule has 0 unspecified atom stereocenters. The second kappa shape index (κ2) is 6.16. The van der Waals surface area contributed by atoms with E-state index in [1.165, 1.54) is 6.07 Å². The van der Waals surface area contributed by atoms with E-state index in [-0.39, 0.29) is 17.9 Å². The fourth-order valence-electron chi connectivity index (χ4n) is 1.87. The molecule has 104 valence electrons. The molecule has 0 aliphatic rings. The number of nitrogens with two attached hydrogens (primary N) is 1. The van der Waals surface area contributed by atoms with E-state index in [1.54, 1.807) is 18.2 Å². The van der Waals surface area contributed by atoms with Crippen LogP contribution in [0.1, 0.15) is 21.5 Å². The highest BCUT2D eigenvalue weighted by atomic mass is 19.1. The summed E-state index contributed by atoms with van der Waals surface area (Å²) in [5.41, 5.74) is 7.51. The molecule has 0 saturated carbocycles. The largest absolute Gasteiger partial charge is 0.399 e. The van der Waals surface area contributed by atoms with Crippen molar-refractivity contribution >= 4 is 11.6 Å². The van der Waals surface area contributed by atoms with Crippen LogP contribution in [0, 0.1) is 5.82 Å². The van der Waals surface area contributed by atoms with Crippen molar-refractivity contribution in [2.75, 3.05) is 5.73 Å². The molecular formula is C15H15FN2O2. The van der Waals surface area contributed by atoms with Gasteiger partial charge in [0.05, 0.1) is 6.61 Å². The standard InChI is InChI=1S/C15H15FN2O2/c16-13-5-12(6-14(17)7-13)15(20)18-8-10-2-1-3-11(4-10)9-19/h1-7,19H,8-9,17H2,(H,18,20). The average molecular weight is 274 g/mol. The summed E-state index contributed by atoms with van der Waals surface area (Å²) in [5, 5.41) is 11.7. The molecule has 2 rings (SSSR count). The summed E-state index contributed by atoms with van der Waals surface area (Å²) in [6.45, 7) is 0.241. The number of rotatable bonds is 4. The molecule has 0 fully saturated rings. The molecule has 5 heteroatoms. The number of anilines is 1. The number of aliphatic hydroxyl groups is 1. The van der Waals surface area contributed by atoms with Gasteiger partial charge in [-0.25, -0.2) is 4.39 Å². The molecule has 20 heavy (non-hydrogen) atoms. The van der Waals surface area contributed by atoms with Crippen molar-refractivity contribution in [3.63, 3.8) is 0 Å². The zero-order chi connectivity index (χ0) is 14.5. The van der Waals surface area contributed by atoms with Gasteiger partial charge >= 0.3 is 0 Å². The fraction of sp³-hybridized carbons (Fsp3) is 0.133. The highest BCUT2D eigenvalue weighted by Gasteiger charge is 2.08. The second-order valence-corrected chi connectivity index (χ2v) is 4.43. The number of carbonyl (C=O) groups excluding carboxylic acids is 1. The monoisotopic (exact) mass is 274 g/mol. The molecule has 2 aromatic rings. The number of benzene rings is 2. The molecule has 4 nitrogen and oxygen atoms in total. The van der Waals surface area contributed by atoms with Crippen LogP contribution < -0.4 is 11.1 Å². The maximum absolute atomic E-state index is 13.2. The van der Waals surface area contributed by atoms with Crippen LogP contribution in [-0.2, 0) is 13.2 Å². The number of carbonyl (C=O) groups is 1. The van der Waals surface area contributed by atoms with Crippen molar-refractivity contribution in [3.05, 3.63) is 65.0 Å². The third-order valence-electron chi connectivity index (χ3n) is 2.81. The molecule has 0 aromatic heterocycles. The average Bonchev–Trinajstić information content (AvgIpc) is 2.44. The Morgan fingerprint density at radius 2 is 1.95 bits per heavy atom. The van der Waals surface area contributed by atoms with Crippen LogP contribution >= 0.6 is 0 Å². The van der Waals surface area contributed by atoms with Crippen LogP contribution in [0.15, 0.2) is 42.5 Å². The Bertz CT molecular complexity index is 609. The number of hydrogen-bond acceptors (Lipinski definition) is 3. The topological polar surface area (TPSA) is 75.4 Å². The van der Waals surface area contributed by atoms with E-state index in [2.05, 4.69) is 5.32 Å². The van der Waals surface area contributed by atoms with E-state index < -0.39 is 11.7 Å². The maximum Gasteiger partial charge on any atom is 0.251 e. The van der Waals surface area contributed by atoms with Crippen LogP contribution in [0.3, 0.4) is 0 Å². The Balaban J connectivity index is 2.04. The second-order valence-electron chi connectivity index (χ2n) is 4.43. The fourth-order valence-corrected chi connectivity index (χ4v) is 1.87. The number of nitrogens with one attached hydrogen (secondary N) is 1. The van der Waals surface area contributed by atoms with Gasteiger partial charge in [0, 0.05) is 17.8 Å². The van der Waals surface area contributed by atoms with Crippen LogP contribution in [0.2, 0.25) is 0 Å². The highest BCUT2D eigenvalue weighted by Crippen LogP contribution is 2.11. The summed E-state index contributed by atoms with van der Waals surface area (Å²) < 4.78 is 13.2. The summed E-state index contributed by atoms with van der Waals surface area (Å²) in [7, 11) is 0. The zero-order valence-electron chi connectivity index (χ0n) is 10.8. The minimum atomic E-state index is -0.544. The van der Waals surface area contributed by atoms with E-state index in [1.807, 2.05) is 6.07 Å². The van der Waals surface area contributed by atoms with Crippen molar-refractivity contribution in [2.24, 2.45) is 0 Å². The lowest BCUT2D eigenvalue weighted by Crippen LogP contribution is -2.23. The van der Waals surface area contributed by atoms with Gasteiger partial charge in [-0.1, -0.05) is 24.3 Å². The lowest BCUT2D eigenvalue weighted by atomic mass is 10.1. The van der Waals surface area contributed by atoms with E-state index in [0.29, 0.717) is 6.54 Å². The summed E-state index contributed by atoms with van der Waals surface area (Å²) in [6.07, 6.45) is 0. The Kier molecular flexibility index (Phi) is 4.32. The van der Waals surface area contributed by atoms with Gasteiger partial charge in [-0.05, 0) is 29.3 Å². The van der Waals surface area contributed by atoms with Crippen molar-refractivity contribution < 1.29 is 14.3 Å². The Morgan fingerprint density at radius 3 is 2.65 bits per heavy atom. The molecule has 0 aliphatic heterocycles. The van der Waals surface area contributed by atoms with Gasteiger partial charge in [0.1, 0.15) is 5.82 Å². The molecule has 0 atom stereocenters. The van der Waals surface area contributed by atoms with Gasteiger partial charge in [0.2, 0.25) is 0 Å². The smallest absolute Gasteiger partial charge is 0.251 e. The molecule has 0 heterocycles. The highest BCUT2D eigenvalue weighted by molar-refractivity contribution is 5.95. The van der Waals surface area contributed by atoms with E-state index >= 15 is 0 Å². The summed E-state index contributed by atoms with van der Waals surface area (Å²) in [5.74, 6) is -0.942. The normalized spacial score (nSPS) is 10.3. The SMILES string of the molecule is Nc1cc(F)cc(C(=O)NCc2cccc(CO)c2)c1. The summed E-state index contributed by atoms with van der Waals surface area (Å²) in [4.78, 5) is 11.9. The van der Waals surface area contributed by atoms with Gasteiger partial charge in [0.15, 0.2) is 0 Å². The molecule has 4 N–H and O–H groups in total. The molecule has 0 spiro atoms. The number of amides is 1. The van der Waals surface area contributed by atoms with Gasteiger partial charge < -0.3 is 16.2 Å². The van der Waals surface area contributed by atoms with Crippen molar-refractivity contribution in [1.29, 1.82) is 0 Å². The zero-order valence-corrected chi connectivity index (χ0v) is 10.8. The molecule has 1 amide bonds. The number of hydrogen-bond donors (Lipinski definition) is 3. The molecule has 0 aliphatic carbocycles. The van der Waals surface area contributed by atoms with Gasteiger partial charge in [-0.3, -0.25) is 4.79 Å². The molecule has 2 aromatic carbocycles. The lowest BCUT2D eigenvalue weighted by Gasteiger charge is -2.07. The third kappa shape index (κ3) is 3.55. The van der Waals surface area contributed by atoms with E-state index in [4.69, 9.17) is 10.8 Å². The molecule has 0 bridgehead atoms. The van der Waals surface area contributed by atoms with Gasteiger partial charge in [0.25, 0.3) is 5.91 Å². The van der Waals surface area contributed by atoms with E-state index in [0.717, 1.165) is 23.3 Å². The Morgan fingerprint density at radius 1 is 1.20 bits per heavy atom. The van der Waals surface area contributed by atoms with Gasteiger partial charge in [-0.2, -0.15) is 0 Å². The Labute approximate surface area is 116 Å². The van der Waals surface area contributed by atoms with Crippen molar-refractivity contribution in [3.8, 4) is 0 Å². The van der Waals surface area contributed by atoms with Gasteiger partial charge in [-0.15, -0.1) is 0 Å². The van der Waals surface area contributed by atoms with Crippen molar-refractivity contribution in [2.45, 2.75) is 13.2 Å². The summed E-state index contributed by atoms with van der Waals surface area (Å²) >= 11 is 0.